The first kappa shape index (κ1) is 23.5. The predicted molar refractivity (Wildman–Crippen MR) is 128 cm³/mol. The molecule has 0 aliphatic carbocycles. The lowest BCUT2D eigenvalue weighted by Gasteiger charge is -2.13. The minimum absolute atomic E-state index is 0.122. The molecule has 0 saturated carbocycles. The maximum atomic E-state index is 13.4. The monoisotopic (exact) mass is 483 g/mol. The molecule has 0 saturated heterocycles. The van der Waals surface area contributed by atoms with Crippen molar-refractivity contribution in [1.29, 1.82) is 0 Å². The van der Waals surface area contributed by atoms with Crippen LogP contribution in [0.15, 0.2) is 72.1 Å². The van der Waals surface area contributed by atoms with Crippen LogP contribution in [-0.2, 0) is 11.0 Å². The van der Waals surface area contributed by atoms with Gasteiger partial charge in [-0.25, -0.2) is 4.98 Å². The van der Waals surface area contributed by atoms with Crippen LogP contribution in [0.3, 0.4) is 0 Å². The highest BCUT2D eigenvalue weighted by atomic mass is 32.1. The number of carbonyl (C=O) groups excluding carboxylic acids is 1. The Morgan fingerprint density at radius 2 is 1.79 bits per heavy atom. The fraction of sp³-hybridized carbons (Fsp3) is 0.0435. The molecule has 0 bridgehead atoms. The number of hydrogen-bond acceptors (Lipinski definition) is 6. The van der Waals surface area contributed by atoms with E-state index in [2.05, 4.69) is 15.6 Å². The van der Waals surface area contributed by atoms with Crippen LogP contribution < -0.4 is 16.1 Å². The average Bonchev–Trinajstić information content (AvgIpc) is 3.21. The Labute approximate surface area is 196 Å². The topological polar surface area (TPSA) is 94.5 Å². The van der Waals surface area contributed by atoms with Gasteiger partial charge < -0.3 is 20.7 Å². The fourth-order valence-electron chi connectivity index (χ4n) is 3.22. The third kappa shape index (κ3) is 5.45. The molecular formula is C23H17BF3N3O3S. The van der Waals surface area contributed by atoms with Crippen molar-refractivity contribution in [3.63, 3.8) is 0 Å². The summed E-state index contributed by atoms with van der Waals surface area (Å²) in [5.41, 5.74) is 0.859. The van der Waals surface area contributed by atoms with E-state index in [9.17, 15) is 28.0 Å². The van der Waals surface area contributed by atoms with Crippen molar-refractivity contribution >= 4 is 63.2 Å². The van der Waals surface area contributed by atoms with Gasteiger partial charge in [-0.15, -0.1) is 11.3 Å². The zero-order chi connectivity index (χ0) is 24.3. The third-order valence-corrected chi connectivity index (χ3v) is 5.65. The van der Waals surface area contributed by atoms with Crippen LogP contribution in [0.2, 0.25) is 0 Å². The van der Waals surface area contributed by atoms with Gasteiger partial charge in [0, 0.05) is 17.1 Å². The second kappa shape index (κ2) is 9.68. The Kier molecular flexibility index (Phi) is 6.69. The lowest BCUT2D eigenvalue weighted by atomic mass is 9.79. The summed E-state index contributed by atoms with van der Waals surface area (Å²) in [6.07, 6.45) is -1.90. The first-order valence-electron chi connectivity index (χ1n) is 9.97. The highest BCUT2D eigenvalue weighted by molar-refractivity contribution is 7.17. The zero-order valence-corrected chi connectivity index (χ0v) is 18.2. The van der Waals surface area contributed by atoms with Crippen LogP contribution in [0.1, 0.15) is 11.3 Å². The van der Waals surface area contributed by atoms with Crippen LogP contribution >= 0.6 is 11.3 Å². The molecule has 0 aliphatic heterocycles. The van der Waals surface area contributed by atoms with Crippen molar-refractivity contribution in [3.05, 3.63) is 83.4 Å². The van der Waals surface area contributed by atoms with E-state index in [-0.39, 0.29) is 16.0 Å². The van der Waals surface area contributed by atoms with E-state index in [1.54, 1.807) is 42.5 Å². The smallest absolute Gasteiger partial charge is 0.423 e. The number of nitrogens with one attached hydrogen (secondary N) is 2. The van der Waals surface area contributed by atoms with Crippen LogP contribution in [0, 0.1) is 0 Å². The summed E-state index contributed by atoms with van der Waals surface area (Å²) in [4.78, 5) is 16.4. The summed E-state index contributed by atoms with van der Waals surface area (Å²) >= 11 is 0.985. The van der Waals surface area contributed by atoms with Crippen LogP contribution in [-0.4, -0.2) is 28.1 Å². The summed E-state index contributed by atoms with van der Waals surface area (Å²) in [5.74, 6) is -0.514. The van der Waals surface area contributed by atoms with E-state index in [0.29, 0.717) is 22.3 Å². The van der Waals surface area contributed by atoms with Crippen molar-refractivity contribution in [2.45, 2.75) is 6.18 Å². The maximum Gasteiger partial charge on any atom is 0.488 e. The predicted octanol–water partition coefficient (Wildman–Crippen LogP) is 4.39. The summed E-state index contributed by atoms with van der Waals surface area (Å²) in [7, 11) is -1.64. The third-order valence-electron chi connectivity index (χ3n) is 4.78. The standard InChI is InChI=1S/C23H17BF3N3O3S/c25-23(26,27)19-12-17(28-16-7-2-1-3-8-16)21-18(13-34-22(21)30-19)29-20(31)10-9-14-5-4-6-15(11-14)24(32)33/h1-13,32-33H,(H,28,30)(H,29,31)/b10-9+. The van der Waals surface area contributed by atoms with Gasteiger partial charge in [0.25, 0.3) is 0 Å². The number of anilines is 3. The molecule has 4 aromatic rings. The van der Waals surface area contributed by atoms with Crippen molar-refractivity contribution in [2.75, 3.05) is 10.6 Å². The Balaban J connectivity index is 1.65. The number of carbonyl (C=O) groups is 1. The number of rotatable bonds is 6. The molecule has 172 valence electrons. The summed E-state index contributed by atoms with van der Waals surface area (Å²) in [6, 6.07) is 16.0. The van der Waals surface area contributed by atoms with E-state index in [1.165, 1.54) is 29.7 Å². The number of para-hydroxylation sites is 1. The molecule has 2 aromatic heterocycles. The van der Waals surface area contributed by atoms with Gasteiger partial charge in [0.05, 0.1) is 16.8 Å². The SMILES string of the molecule is O=C(/C=C/c1cccc(B(O)O)c1)Nc1csc2nc(C(F)(F)F)cc(Nc3ccccc3)c12. The number of fused-ring (bicyclic) bond motifs is 1. The van der Waals surface area contributed by atoms with E-state index >= 15 is 0 Å². The van der Waals surface area contributed by atoms with Gasteiger partial charge in [-0.2, -0.15) is 13.2 Å². The first-order chi connectivity index (χ1) is 16.2. The Bertz CT molecular complexity index is 1360. The van der Waals surface area contributed by atoms with E-state index in [4.69, 9.17) is 0 Å². The van der Waals surface area contributed by atoms with E-state index in [0.717, 1.165) is 17.4 Å². The van der Waals surface area contributed by atoms with Gasteiger partial charge in [-0.05, 0) is 35.3 Å². The molecule has 2 heterocycles. The van der Waals surface area contributed by atoms with Gasteiger partial charge in [0.1, 0.15) is 10.5 Å². The van der Waals surface area contributed by atoms with Gasteiger partial charge >= 0.3 is 13.3 Å². The molecule has 4 rings (SSSR count). The molecule has 0 unspecified atom stereocenters. The van der Waals surface area contributed by atoms with Crippen molar-refractivity contribution < 1.29 is 28.0 Å². The number of benzene rings is 2. The number of nitrogens with zero attached hydrogens (tertiary/aromatic N) is 1. The Hall–Kier alpha value is -3.67. The molecule has 34 heavy (non-hydrogen) atoms. The maximum absolute atomic E-state index is 13.4. The number of halogens is 3. The van der Waals surface area contributed by atoms with Crippen molar-refractivity contribution in [1.82, 2.24) is 4.98 Å². The number of alkyl halides is 3. The average molecular weight is 483 g/mol. The van der Waals surface area contributed by atoms with Gasteiger partial charge in [-0.1, -0.05) is 42.5 Å². The molecule has 6 nitrogen and oxygen atoms in total. The fourth-order valence-corrected chi connectivity index (χ4v) is 4.12. The first-order valence-corrected chi connectivity index (χ1v) is 10.9. The lowest BCUT2D eigenvalue weighted by molar-refractivity contribution is -0.140. The molecule has 0 atom stereocenters. The molecule has 0 radical (unpaired) electrons. The van der Waals surface area contributed by atoms with Gasteiger partial charge in [0.15, 0.2) is 0 Å². The molecule has 0 aliphatic rings. The molecular weight excluding hydrogens is 466 g/mol. The largest absolute Gasteiger partial charge is 0.488 e. The molecule has 0 fully saturated rings. The summed E-state index contributed by atoms with van der Waals surface area (Å²) in [6.45, 7) is 0. The molecule has 4 N–H and O–H groups in total. The van der Waals surface area contributed by atoms with Crippen LogP contribution in [0.5, 0.6) is 0 Å². The Morgan fingerprint density at radius 3 is 2.50 bits per heavy atom. The van der Waals surface area contributed by atoms with Gasteiger partial charge in [0.2, 0.25) is 5.91 Å². The summed E-state index contributed by atoms with van der Waals surface area (Å²) < 4.78 is 40.2. The quantitative estimate of drug-likeness (QED) is 0.241. The number of thiophene rings is 1. The number of hydrogen-bond donors (Lipinski definition) is 4. The van der Waals surface area contributed by atoms with Crippen LogP contribution in [0.25, 0.3) is 16.3 Å². The van der Waals surface area contributed by atoms with Crippen molar-refractivity contribution in [2.24, 2.45) is 0 Å². The minimum atomic E-state index is -4.63. The number of aromatic nitrogens is 1. The molecule has 11 heteroatoms. The van der Waals surface area contributed by atoms with Crippen molar-refractivity contribution in [3.8, 4) is 0 Å². The second-order valence-corrected chi connectivity index (χ2v) is 8.10. The number of pyridine rings is 1. The molecule has 1 amide bonds. The van der Waals surface area contributed by atoms with Gasteiger partial charge in [-0.3, -0.25) is 4.79 Å². The highest BCUT2D eigenvalue weighted by Crippen LogP contribution is 2.40. The number of amides is 1. The normalized spacial score (nSPS) is 11.7. The highest BCUT2D eigenvalue weighted by Gasteiger charge is 2.34. The van der Waals surface area contributed by atoms with E-state index in [1.807, 2.05) is 0 Å². The van der Waals surface area contributed by atoms with E-state index < -0.39 is 24.9 Å². The Morgan fingerprint density at radius 1 is 1.03 bits per heavy atom. The second-order valence-electron chi connectivity index (χ2n) is 7.24. The summed E-state index contributed by atoms with van der Waals surface area (Å²) in [5, 5.41) is 26.1. The zero-order valence-electron chi connectivity index (χ0n) is 17.4. The lowest BCUT2D eigenvalue weighted by Crippen LogP contribution is -2.29. The molecule has 0 spiro atoms. The molecule has 2 aromatic carbocycles. The van der Waals surface area contributed by atoms with Crippen LogP contribution in [0.4, 0.5) is 30.2 Å². The minimum Gasteiger partial charge on any atom is -0.423 e.